The van der Waals surface area contributed by atoms with E-state index in [1.807, 2.05) is 4.90 Å². The van der Waals surface area contributed by atoms with Crippen LogP contribution in [0, 0.1) is 12.7 Å². The largest absolute Gasteiger partial charge is 0.335 e. The summed E-state index contributed by atoms with van der Waals surface area (Å²) in [6.45, 7) is 2.84. The number of carbonyl (C=O) groups excluding carboxylic acids is 1. The van der Waals surface area contributed by atoms with Gasteiger partial charge in [0.05, 0.1) is 0 Å². The number of hydrogen-bond acceptors (Lipinski definition) is 5. The van der Waals surface area contributed by atoms with Crippen molar-refractivity contribution in [3.63, 3.8) is 0 Å². The molecular formula is C21H21FN4OS. The first kappa shape index (κ1) is 18.6. The number of amides is 1. The van der Waals surface area contributed by atoms with Gasteiger partial charge in [0.25, 0.3) is 0 Å². The number of nitrogens with one attached hydrogen (secondary N) is 1. The molecule has 0 spiro atoms. The van der Waals surface area contributed by atoms with Gasteiger partial charge in [-0.1, -0.05) is 29.8 Å². The number of anilines is 2. The summed E-state index contributed by atoms with van der Waals surface area (Å²) in [5.41, 5.74) is 2.99. The molecule has 1 aliphatic heterocycles. The van der Waals surface area contributed by atoms with Gasteiger partial charge < -0.3 is 10.2 Å². The third-order valence-corrected chi connectivity index (χ3v) is 5.64. The van der Waals surface area contributed by atoms with Gasteiger partial charge in [0.15, 0.2) is 0 Å². The van der Waals surface area contributed by atoms with Gasteiger partial charge in [-0.2, -0.15) is 4.37 Å². The molecule has 3 aromatic rings. The molecular weight excluding hydrogens is 375 g/mol. The molecule has 1 amide bonds. The summed E-state index contributed by atoms with van der Waals surface area (Å²) in [5.74, 6) is 0.350. The maximum absolute atomic E-state index is 13.1. The Morgan fingerprint density at radius 1 is 1.21 bits per heavy atom. The molecule has 1 saturated heterocycles. The topological polar surface area (TPSA) is 58.1 Å². The van der Waals surface area contributed by atoms with E-state index in [0.29, 0.717) is 12.1 Å². The molecule has 2 aromatic carbocycles. The highest BCUT2D eigenvalue weighted by molar-refractivity contribution is 7.09. The fourth-order valence-electron chi connectivity index (χ4n) is 3.35. The summed E-state index contributed by atoms with van der Waals surface area (Å²) in [6.07, 6.45) is 2.37. The summed E-state index contributed by atoms with van der Waals surface area (Å²) in [7, 11) is 0. The molecule has 0 unspecified atom stereocenters. The van der Waals surface area contributed by atoms with Crippen LogP contribution in [0.2, 0.25) is 0 Å². The Kier molecular flexibility index (Phi) is 5.34. The van der Waals surface area contributed by atoms with Crippen LogP contribution >= 0.6 is 11.5 Å². The molecule has 0 aliphatic carbocycles. The van der Waals surface area contributed by atoms with Crippen LogP contribution in [0.5, 0.6) is 0 Å². The van der Waals surface area contributed by atoms with E-state index in [4.69, 9.17) is 0 Å². The van der Waals surface area contributed by atoms with Crippen molar-refractivity contribution in [2.24, 2.45) is 0 Å². The molecule has 1 aliphatic rings. The predicted octanol–water partition coefficient (Wildman–Crippen LogP) is 4.18. The van der Waals surface area contributed by atoms with Crippen LogP contribution in [0.15, 0.2) is 48.5 Å². The lowest BCUT2D eigenvalue weighted by atomic mass is 10.1. The van der Waals surface area contributed by atoms with Crippen molar-refractivity contribution in [1.29, 1.82) is 0 Å². The fourth-order valence-corrected chi connectivity index (χ4v) is 4.11. The minimum atomic E-state index is -0.324. The highest BCUT2D eigenvalue weighted by atomic mass is 32.1. The van der Waals surface area contributed by atoms with E-state index >= 15 is 0 Å². The van der Waals surface area contributed by atoms with E-state index in [1.54, 1.807) is 12.1 Å². The summed E-state index contributed by atoms with van der Waals surface area (Å²) >= 11 is 1.33. The SMILES string of the molecule is Cc1ccc(Cc2nsc(N3CCC[C@@H]3C(=O)Nc3ccc(F)cc3)n2)cc1. The number of hydrogen-bond donors (Lipinski definition) is 1. The lowest BCUT2D eigenvalue weighted by molar-refractivity contribution is -0.117. The van der Waals surface area contributed by atoms with Crippen LogP contribution in [-0.2, 0) is 11.2 Å². The zero-order chi connectivity index (χ0) is 19.5. The molecule has 4 rings (SSSR count). The van der Waals surface area contributed by atoms with E-state index in [2.05, 4.69) is 45.9 Å². The van der Waals surface area contributed by atoms with Crippen molar-refractivity contribution in [2.45, 2.75) is 32.2 Å². The van der Waals surface area contributed by atoms with E-state index in [1.165, 1.54) is 34.8 Å². The van der Waals surface area contributed by atoms with Crippen LogP contribution in [0.4, 0.5) is 15.2 Å². The second kappa shape index (κ2) is 8.06. The maximum Gasteiger partial charge on any atom is 0.247 e. The normalized spacial score (nSPS) is 16.4. The smallest absolute Gasteiger partial charge is 0.247 e. The van der Waals surface area contributed by atoms with Crippen LogP contribution in [-0.4, -0.2) is 27.9 Å². The van der Waals surface area contributed by atoms with Crippen molar-refractivity contribution >= 4 is 28.3 Å². The molecule has 1 fully saturated rings. The van der Waals surface area contributed by atoms with Crippen molar-refractivity contribution < 1.29 is 9.18 Å². The minimum Gasteiger partial charge on any atom is -0.335 e. The standard InChI is InChI=1S/C21H21FN4OS/c1-14-4-6-15(7-5-14)13-19-24-21(28-25-19)26-12-2-3-18(26)20(27)23-17-10-8-16(22)9-11-17/h4-11,18H,2-3,12-13H2,1H3,(H,23,27)/t18-/m1/s1. The van der Waals surface area contributed by atoms with Gasteiger partial charge >= 0.3 is 0 Å². The Hall–Kier alpha value is -2.80. The van der Waals surface area contributed by atoms with Gasteiger partial charge in [-0.05, 0) is 49.6 Å². The summed E-state index contributed by atoms with van der Waals surface area (Å²) in [5, 5.41) is 3.65. The zero-order valence-corrected chi connectivity index (χ0v) is 16.4. The van der Waals surface area contributed by atoms with Crippen molar-refractivity contribution in [3.8, 4) is 0 Å². The maximum atomic E-state index is 13.1. The molecule has 0 radical (unpaired) electrons. The van der Waals surface area contributed by atoms with Crippen molar-refractivity contribution in [2.75, 3.05) is 16.8 Å². The summed E-state index contributed by atoms with van der Waals surface area (Å²) in [4.78, 5) is 19.4. The van der Waals surface area contributed by atoms with Gasteiger partial charge in [-0.3, -0.25) is 4.79 Å². The lowest BCUT2D eigenvalue weighted by Gasteiger charge is -2.22. The first-order valence-corrected chi connectivity index (χ1v) is 10.1. The first-order valence-electron chi connectivity index (χ1n) is 9.30. The summed E-state index contributed by atoms with van der Waals surface area (Å²) < 4.78 is 17.5. The Labute approximate surface area is 167 Å². The average molecular weight is 396 g/mol. The molecule has 28 heavy (non-hydrogen) atoms. The molecule has 1 atom stereocenters. The number of carbonyl (C=O) groups is 1. The van der Waals surface area contributed by atoms with Crippen LogP contribution in [0.25, 0.3) is 0 Å². The van der Waals surface area contributed by atoms with Gasteiger partial charge in [-0.15, -0.1) is 0 Å². The number of nitrogens with zero attached hydrogens (tertiary/aromatic N) is 3. The number of aryl methyl sites for hydroxylation is 1. The molecule has 0 saturated carbocycles. The van der Waals surface area contributed by atoms with Crippen molar-refractivity contribution in [3.05, 3.63) is 71.3 Å². The molecule has 2 heterocycles. The molecule has 1 aromatic heterocycles. The second-order valence-corrected chi connectivity index (χ2v) is 7.73. The molecule has 1 N–H and O–H groups in total. The Balaban J connectivity index is 1.44. The molecule has 5 nitrogen and oxygen atoms in total. The lowest BCUT2D eigenvalue weighted by Crippen LogP contribution is -2.39. The summed E-state index contributed by atoms with van der Waals surface area (Å²) in [6, 6.07) is 13.9. The van der Waals surface area contributed by atoms with E-state index in [9.17, 15) is 9.18 Å². The second-order valence-electron chi connectivity index (χ2n) is 7.00. The van der Waals surface area contributed by atoms with Crippen LogP contribution in [0.3, 0.4) is 0 Å². The quantitative estimate of drug-likeness (QED) is 0.703. The number of halogens is 1. The highest BCUT2D eigenvalue weighted by Crippen LogP contribution is 2.28. The zero-order valence-electron chi connectivity index (χ0n) is 15.6. The Bertz CT molecular complexity index is 955. The average Bonchev–Trinajstić information content (AvgIpc) is 3.34. The fraction of sp³-hybridized carbons (Fsp3) is 0.286. The first-order chi connectivity index (χ1) is 13.6. The van der Waals surface area contributed by atoms with E-state index < -0.39 is 0 Å². The third-order valence-electron chi connectivity index (χ3n) is 4.85. The van der Waals surface area contributed by atoms with Gasteiger partial charge in [0.2, 0.25) is 11.0 Å². The van der Waals surface area contributed by atoms with Crippen LogP contribution in [0.1, 0.15) is 29.8 Å². The minimum absolute atomic E-state index is 0.0978. The van der Waals surface area contributed by atoms with E-state index in [-0.39, 0.29) is 17.8 Å². The van der Waals surface area contributed by atoms with Crippen molar-refractivity contribution in [1.82, 2.24) is 9.36 Å². The number of benzene rings is 2. The predicted molar refractivity (Wildman–Crippen MR) is 109 cm³/mol. The monoisotopic (exact) mass is 396 g/mol. The van der Waals surface area contributed by atoms with Gasteiger partial charge in [0.1, 0.15) is 17.7 Å². The Morgan fingerprint density at radius 3 is 2.71 bits per heavy atom. The highest BCUT2D eigenvalue weighted by Gasteiger charge is 2.33. The molecule has 0 bridgehead atoms. The Morgan fingerprint density at radius 2 is 1.96 bits per heavy atom. The van der Waals surface area contributed by atoms with Gasteiger partial charge in [0, 0.05) is 30.2 Å². The number of aromatic nitrogens is 2. The van der Waals surface area contributed by atoms with E-state index in [0.717, 1.165) is 30.3 Å². The third kappa shape index (κ3) is 4.20. The van der Waals surface area contributed by atoms with Crippen LogP contribution < -0.4 is 10.2 Å². The number of rotatable bonds is 5. The molecule has 144 valence electrons. The molecule has 7 heteroatoms. The van der Waals surface area contributed by atoms with Gasteiger partial charge in [-0.25, -0.2) is 9.37 Å².